The first-order valence-corrected chi connectivity index (χ1v) is 12.2. The van der Waals surface area contributed by atoms with Crippen LogP contribution in [0.25, 0.3) is 10.9 Å². The van der Waals surface area contributed by atoms with Gasteiger partial charge in [-0.25, -0.2) is 19.9 Å². The number of amides is 1. The highest BCUT2D eigenvalue weighted by Gasteiger charge is 2.38. The molecule has 8 nitrogen and oxygen atoms in total. The van der Waals surface area contributed by atoms with E-state index in [9.17, 15) is 18.0 Å². The number of nitrogens with zero attached hydrogens (tertiary/aromatic N) is 5. The monoisotopic (exact) mass is 520 g/mol. The molecule has 1 atom stereocenters. The van der Waals surface area contributed by atoms with Crippen molar-refractivity contribution in [3.05, 3.63) is 82.7 Å². The number of nitrogen functional groups attached to an aromatic ring is 1. The normalized spacial score (nSPS) is 17.0. The molecule has 1 aromatic carbocycles. The van der Waals surface area contributed by atoms with Crippen LogP contribution in [0.15, 0.2) is 48.9 Å². The van der Waals surface area contributed by atoms with Gasteiger partial charge < -0.3 is 15.4 Å². The van der Waals surface area contributed by atoms with E-state index in [1.807, 2.05) is 13.0 Å². The molecule has 2 aliphatic rings. The van der Waals surface area contributed by atoms with Crippen molar-refractivity contribution < 1.29 is 22.7 Å². The number of ether oxygens (including phenoxy) is 1. The first-order valence-electron chi connectivity index (χ1n) is 12.2. The van der Waals surface area contributed by atoms with Gasteiger partial charge in [0.25, 0.3) is 5.91 Å². The SMILES string of the molecule is C[C@@H]1OCc2c1c(N)nc1cc(CN(C(=O)c3cnc(C4CC4)nc3)c3cccnc3C(F)(F)F)ccc21. The summed E-state index contributed by atoms with van der Waals surface area (Å²) in [7, 11) is 0. The molecule has 194 valence electrons. The molecule has 3 aromatic heterocycles. The molecule has 1 aliphatic heterocycles. The van der Waals surface area contributed by atoms with Crippen molar-refractivity contribution in [3.8, 4) is 0 Å². The molecule has 1 aliphatic carbocycles. The zero-order valence-corrected chi connectivity index (χ0v) is 20.4. The highest BCUT2D eigenvalue weighted by molar-refractivity contribution is 6.06. The molecule has 0 spiro atoms. The van der Waals surface area contributed by atoms with Gasteiger partial charge in [-0.05, 0) is 49.1 Å². The number of halogens is 3. The molecule has 1 fully saturated rings. The summed E-state index contributed by atoms with van der Waals surface area (Å²) in [5.41, 5.74) is 7.69. The van der Waals surface area contributed by atoms with Crippen LogP contribution in [0.1, 0.15) is 70.4 Å². The zero-order valence-electron chi connectivity index (χ0n) is 20.4. The minimum absolute atomic E-state index is 0.0819. The average molecular weight is 521 g/mol. The van der Waals surface area contributed by atoms with E-state index in [-0.39, 0.29) is 29.8 Å². The van der Waals surface area contributed by atoms with Crippen molar-refractivity contribution in [1.82, 2.24) is 19.9 Å². The van der Waals surface area contributed by atoms with Crippen LogP contribution in [-0.2, 0) is 24.1 Å². The van der Waals surface area contributed by atoms with E-state index >= 15 is 0 Å². The van der Waals surface area contributed by atoms with Crippen LogP contribution < -0.4 is 10.6 Å². The molecular formula is C27H23F3N6O2. The molecule has 2 N–H and O–H groups in total. The van der Waals surface area contributed by atoms with Gasteiger partial charge in [0.15, 0.2) is 5.69 Å². The smallest absolute Gasteiger partial charge is 0.383 e. The highest BCUT2D eigenvalue weighted by Crippen LogP contribution is 2.40. The summed E-state index contributed by atoms with van der Waals surface area (Å²) in [5.74, 6) is 0.587. The number of carbonyl (C=O) groups excluding carboxylic acids is 1. The third-order valence-electron chi connectivity index (χ3n) is 6.91. The Morgan fingerprint density at radius 3 is 2.63 bits per heavy atom. The molecule has 6 rings (SSSR count). The van der Waals surface area contributed by atoms with Crippen molar-refractivity contribution in [3.63, 3.8) is 0 Å². The second kappa shape index (κ2) is 9.02. The first kappa shape index (κ1) is 24.2. The Kier molecular flexibility index (Phi) is 5.75. The molecule has 38 heavy (non-hydrogen) atoms. The predicted molar refractivity (Wildman–Crippen MR) is 133 cm³/mol. The van der Waals surface area contributed by atoms with E-state index in [1.165, 1.54) is 24.5 Å². The van der Waals surface area contributed by atoms with E-state index < -0.39 is 17.8 Å². The van der Waals surface area contributed by atoms with Crippen molar-refractivity contribution in [2.45, 2.75) is 51.1 Å². The molecule has 0 radical (unpaired) electrons. The largest absolute Gasteiger partial charge is 0.435 e. The number of pyridine rings is 2. The Morgan fingerprint density at radius 1 is 1.16 bits per heavy atom. The molecule has 11 heteroatoms. The van der Waals surface area contributed by atoms with Gasteiger partial charge in [-0.1, -0.05) is 12.1 Å². The molecule has 1 amide bonds. The summed E-state index contributed by atoms with van der Waals surface area (Å²) in [6, 6.07) is 7.92. The Labute approximate surface area is 215 Å². The zero-order chi connectivity index (χ0) is 26.6. The van der Waals surface area contributed by atoms with Crippen molar-refractivity contribution in [2.75, 3.05) is 10.6 Å². The first-order chi connectivity index (χ1) is 18.2. The number of benzene rings is 1. The number of fused-ring (bicyclic) bond motifs is 3. The van der Waals surface area contributed by atoms with Gasteiger partial charge in [0.05, 0.1) is 36.0 Å². The lowest BCUT2D eigenvalue weighted by atomic mass is 10.0. The lowest BCUT2D eigenvalue weighted by Gasteiger charge is -2.25. The Hall–Kier alpha value is -4.12. The molecule has 1 saturated carbocycles. The highest BCUT2D eigenvalue weighted by atomic mass is 19.4. The summed E-state index contributed by atoms with van der Waals surface area (Å²) in [5, 5.41) is 0.849. The minimum Gasteiger partial charge on any atom is -0.383 e. The fourth-order valence-electron chi connectivity index (χ4n) is 4.85. The molecule has 0 bridgehead atoms. The molecule has 4 heterocycles. The number of anilines is 2. The lowest BCUT2D eigenvalue weighted by Crippen LogP contribution is -2.33. The third kappa shape index (κ3) is 4.32. The number of hydrogen-bond acceptors (Lipinski definition) is 7. The maximum Gasteiger partial charge on any atom is 0.435 e. The lowest BCUT2D eigenvalue weighted by molar-refractivity contribution is -0.140. The number of hydrogen-bond donors (Lipinski definition) is 1. The fraction of sp³-hybridized carbons (Fsp3) is 0.296. The average Bonchev–Trinajstić information content (AvgIpc) is 3.68. The van der Waals surface area contributed by atoms with Gasteiger partial charge in [0.1, 0.15) is 11.6 Å². The van der Waals surface area contributed by atoms with E-state index in [0.29, 0.717) is 29.3 Å². The number of aromatic nitrogens is 4. The van der Waals surface area contributed by atoms with E-state index in [2.05, 4.69) is 19.9 Å². The van der Waals surface area contributed by atoms with Gasteiger partial charge in [-0.3, -0.25) is 4.79 Å². The van der Waals surface area contributed by atoms with Gasteiger partial charge >= 0.3 is 6.18 Å². The number of rotatable bonds is 5. The van der Waals surface area contributed by atoms with Crippen LogP contribution in [0, 0.1) is 0 Å². The van der Waals surface area contributed by atoms with Crippen molar-refractivity contribution in [2.24, 2.45) is 0 Å². The van der Waals surface area contributed by atoms with Crippen molar-refractivity contribution in [1.29, 1.82) is 0 Å². The van der Waals surface area contributed by atoms with Gasteiger partial charge in [-0.15, -0.1) is 0 Å². The van der Waals surface area contributed by atoms with Gasteiger partial charge in [0.2, 0.25) is 0 Å². The van der Waals surface area contributed by atoms with Crippen LogP contribution in [0.3, 0.4) is 0 Å². The van der Waals surface area contributed by atoms with Gasteiger partial charge in [0, 0.05) is 35.5 Å². The van der Waals surface area contributed by atoms with Crippen LogP contribution in [-0.4, -0.2) is 25.8 Å². The molecule has 0 unspecified atom stereocenters. The predicted octanol–water partition coefficient (Wildman–Crippen LogP) is 5.34. The maximum absolute atomic E-state index is 13.9. The third-order valence-corrected chi connectivity index (χ3v) is 6.91. The Morgan fingerprint density at radius 2 is 1.92 bits per heavy atom. The maximum atomic E-state index is 13.9. The van der Waals surface area contributed by atoms with E-state index in [4.69, 9.17) is 10.5 Å². The molecular weight excluding hydrogens is 497 g/mol. The molecule has 0 saturated heterocycles. The number of alkyl halides is 3. The van der Waals surface area contributed by atoms with E-state index in [0.717, 1.165) is 40.5 Å². The summed E-state index contributed by atoms with van der Waals surface area (Å²) in [6.45, 7) is 2.13. The summed E-state index contributed by atoms with van der Waals surface area (Å²) in [4.78, 5) is 31.3. The van der Waals surface area contributed by atoms with Crippen LogP contribution >= 0.6 is 0 Å². The topological polar surface area (TPSA) is 107 Å². The summed E-state index contributed by atoms with van der Waals surface area (Å²) >= 11 is 0. The Bertz CT molecular complexity index is 1550. The fourth-order valence-corrected chi connectivity index (χ4v) is 4.85. The second-order valence-corrected chi connectivity index (χ2v) is 9.56. The number of nitrogens with two attached hydrogens (primary N) is 1. The second-order valence-electron chi connectivity index (χ2n) is 9.56. The van der Waals surface area contributed by atoms with Crippen molar-refractivity contribution >= 4 is 28.3 Å². The summed E-state index contributed by atoms with van der Waals surface area (Å²) in [6.07, 6.45) is 0.818. The van der Waals surface area contributed by atoms with Gasteiger partial charge in [-0.2, -0.15) is 13.2 Å². The number of carbonyl (C=O) groups is 1. The van der Waals surface area contributed by atoms with Crippen LogP contribution in [0.5, 0.6) is 0 Å². The van der Waals surface area contributed by atoms with Crippen LogP contribution in [0.2, 0.25) is 0 Å². The Balaban J connectivity index is 1.41. The van der Waals surface area contributed by atoms with Crippen LogP contribution in [0.4, 0.5) is 24.7 Å². The minimum atomic E-state index is -4.77. The van der Waals surface area contributed by atoms with E-state index in [1.54, 1.807) is 12.1 Å². The molecule has 4 aromatic rings. The summed E-state index contributed by atoms with van der Waals surface area (Å²) < 4.78 is 47.5. The quantitative estimate of drug-likeness (QED) is 0.379. The standard InChI is InChI=1S/C27H23F3N6O2/c1-14-22-19(13-38-14)18-7-4-15(9-20(18)35-24(22)31)12-36(21-3-2-8-32-23(21)27(28,29)30)26(37)17-10-33-25(34-11-17)16-5-6-16/h2-4,7-11,14,16H,5-6,12-13H2,1H3,(H2,31,35)/t14-/m0/s1.